The zero-order valence-corrected chi connectivity index (χ0v) is 10.2. The van der Waals surface area contributed by atoms with Crippen LogP contribution in [-0.4, -0.2) is 10.8 Å². The average Bonchev–Trinajstić information content (AvgIpc) is 2.64. The standard InChI is InChI=1S/C13H14ClNO/c1-8(16)3-4-10-7-15-13-9(2)12(14)6-5-11(10)13/h5-7,15H,3-4H2,1-2H3. The first-order chi connectivity index (χ1) is 7.59. The van der Waals surface area contributed by atoms with Crippen LogP contribution in [0.5, 0.6) is 0 Å². The summed E-state index contributed by atoms with van der Waals surface area (Å²) in [6.45, 7) is 3.62. The van der Waals surface area contributed by atoms with E-state index in [1.807, 2.05) is 25.3 Å². The Labute approximate surface area is 99.6 Å². The third-order valence-electron chi connectivity index (χ3n) is 2.88. The summed E-state index contributed by atoms with van der Waals surface area (Å²) in [5, 5.41) is 1.94. The quantitative estimate of drug-likeness (QED) is 0.866. The highest BCUT2D eigenvalue weighted by molar-refractivity contribution is 6.32. The highest BCUT2D eigenvalue weighted by atomic mass is 35.5. The van der Waals surface area contributed by atoms with E-state index in [1.165, 1.54) is 10.9 Å². The van der Waals surface area contributed by atoms with Gasteiger partial charge in [0.25, 0.3) is 0 Å². The number of hydrogen-bond donors (Lipinski definition) is 1. The van der Waals surface area contributed by atoms with Gasteiger partial charge >= 0.3 is 0 Å². The minimum absolute atomic E-state index is 0.222. The van der Waals surface area contributed by atoms with E-state index in [0.29, 0.717) is 6.42 Å². The van der Waals surface area contributed by atoms with Crippen molar-refractivity contribution in [1.82, 2.24) is 4.98 Å². The van der Waals surface area contributed by atoms with Gasteiger partial charge in [-0.25, -0.2) is 0 Å². The van der Waals surface area contributed by atoms with Gasteiger partial charge in [0.15, 0.2) is 0 Å². The molecule has 0 unspecified atom stereocenters. The molecule has 1 aromatic carbocycles. The number of aryl methyl sites for hydroxylation is 2. The molecule has 0 spiro atoms. The van der Waals surface area contributed by atoms with Crippen molar-refractivity contribution in [3.05, 3.63) is 34.5 Å². The number of aromatic amines is 1. The van der Waals surface area contributed by atoms with Crippen LogP contribution in [0.15, 0.2) is 18.3 Å². The van der Waals surface area contributed by atoms with Gasteiger partial charge in [0, 0.05) is 23.0 Å². The highest BCUT2D eigenvalue weighted by Gasteiger charge is 2.08. The van der Waals surface area contributed by atoms with Gasteiger partial charge in [-0.2, -0.15) is 0 Å². The second-order valence-corrected chi connectivity index (χ2v) is 4.52. The molecule has 2 nitrogen and oxygen atoms in total. The van der Waals surface area contributed by atoms with E-state index in [1.54, 1.807) is 6.92 Å². The molecule has 0 aliphatic heterocycles. The van der Waals surface area contributed by atoms with Crippen LogP contribution in [0.2, 0.25) is 5.02 Å². The van der Waals surface area contributed by atoms with Crippen molar-refractivity contribution < 1.29 is 4.79 Å². The normalized spacial score (nSPS) is 10.9. The van der Waals surface area contributed by atoms with Gasteiger partial charge < -0.3 is 9.78 Å². The Morgan fingerprint density at radius 1 is 1.44 bits per heavy atom. The molecule has 0 amide bonds. The van der Waals surface area contributed by atoms with Crippen molar-refractivity contribution >= 4 is 28.3 Å². The van der Waals surface area contributed by atoms with Crippen LogP contribution in [0.3, 0.4) is 0 Å². The topological polar surface area (TPSA) is 32.9 Å². The second kappa shape index (κ2) is 4.30. The van der Waals surface area contributed by atoms with Crippen molar-refractivity contribution in [3.63, 3.8) is 0 Å². The van der Waals surface area contributed by atoms with Crippen molar-refractivity contribution in [2.75, 3.05) is 0 Å². The Hall–Kier alpha value is -1.28. The second-order valence-electron chi connectivity index (χ2n) is 4.11. The van der Waals surface area contributed by atoms with Crippen LogP contribution in [0.1, 0.15) is 24.5 Å². The Kier molecular flexibility index (Phi) is 3.01. The van der Waals surface area contributed by atoms with E-state index in [2.05, 4.69) is 4.98 Å². The lowest BCUT2D eigenvalue weighted by Gasteiger charge is -2.01. The molecule has 0 bridgehead atoms. The lowest BCUT2D eigenvalue weighted by atomic mass is 10.1. The Morgan fingerprint density at radius 3 is 2.88 bits per heavy atom. The Bertz CT molecular complexity index is 542. The van der Waals surface area contributed by atoms with Crippen molar-refractivity contribution in [1.29, 1.82) is 0 Å². The summed E-state index contributed by atoms with van der Waals surface area (Å²) in [6.07, 6.45) is 3.35. The number of hydrogen-bond acceptors (Lipinski definition) is 1. The fourth-order valence-electron chi connectivity index (χ4n) is 1.89. The Balaban J connectivity index is 2.42. The molecule has 2 rings (SSSR count). The predicted molar refractivity (Wildman–Crippen MR) is 67.0 cm³/mol. The third-order valence-corrected chi connectivity index (χ3v) is 3.29. The number of benzene rings is 1. The van der Waals surface area contributed by atoms with E-state index in [4.69, 9.17) is 11.6 Å². The number of carbonyl (C=O) groups is 1. The molecular weight excluding hydrogens is 222 g/mol. The highest BCUT2D eigenvalue weighted by Crippen LogP contribution is 2.27. The molecule has 1 heterocycles. The smallest absolute Gasteiger partial charge is 0.130 e. The van der Waals surface area contributed by atoms with E-state index in [-0.39, 0.29) is 5.78 Å². The van der Waals surface area contributed by atoms with Gasteiger partial charge in [-0.15, -0.1) is 0 Å². The molecule has 0 saturated heterocycles. The molecule has 0 radical (unpaired) electrons. The van der Waals surface area contributed by atoms with E-state index in [9.17, 15) is 4.79 Å². The fourth-order valence-corrected chi connectivity index (χ4v) is 2.05. The molecule has 1 N–H and O–H groups in total. The SMILES string of the molecule is CC(=O)CCc1c[nH]c2c(C)c(Cl)ccc12. The maximum Gasteiger partial charge on any atom is 0.130 e. The average molecular weight is 236 g/mol. The lowest BCUT2D eigenvalue weighted by Crippen LogP contribution is -1.92. The number of halogens is 1. The largest absolute Gasteiger partial charge is 0.361 e. The molecule has 2 aromatic rings. The predicted octanol–water partition coefficient (Wildman–Crippen LogP) is 3.65. The zero-order valence-electron chi connectivity index (χ0n) is 9.43. The molecule has 0 atom stereocenters. The van der Waals surface area contributed by atoms with Crippen LogP contribution >= 0.6 is 11.6 Å². The summed E-state index contributed by atoms with van der Waals surface area (Å²) in [5.41, 5.74) is 3.32. The van der Waals surface area contributed by atoms with Crippen LogP contribution in [-0.2, 0) is 11.2 Å². The fraction of sp³-hybridized carbons (Fsp3) is 0.308. The van der Waals surface area contributed by atoms with Crippen LogP contribution in [0, 0.1) is 6.92 Å². The molecule has 84 valence electrons. The van der Waals surface area contributed by atoms with E-state index >= 15 is 0 Å². The number of ketones is 1. The zero-order chi connectivity index (χ0) is 11.7. The monoisotopic (exact) mass is 235 g/mol. The Morgan fingerprint density at radius 2 is 2.19 bits per heavy atom. The number of aromatic nitrogens is 1. The number of nitrogens with one attached hydrogen (secondary N) is 1. The molecule has 0 saturated carbocycles. The van der Waals surface area contributed by atoms with Gasteiger partial charge in [0.2, 0.25) is 0 Å². The maximum absolute atomic E-state index is 11.0. The molecule has 1 aromatic heterocycles. The van der Waals surface area contributed by atoms with E-state index < -0.39 is 0 Å². The van der Waals surface area contributed by atoms with Crippen molar-refractivity contribution in [2.45, 2.75) is 26.7 Å². The summed E-state index contributed by atoms with van der Waals surface area (Å²) in [5.74, 6) is 0.222. The first-order valence-electron chi connectivity index (χ1n) is 5.34. The minimum atomic E-state index is 0.222. The number of carbonyl (C=O) groups excluding carboxylic acids is 1. The summed E-state index contributed by atoms with van der Waals surface area (Å²) < 4.78 is 0. The number of Topliss-reactive ketones (excluding diaryl/α,β-unsaturated/α-hetero) is 1. The molecule has 0 aliphatic rings. The van der Waals surface area contributed by atoms with Crippen LogP contribution < -0.4 is 0 Å². The molecule has 0 fully saturated rings. The van der Waals surface area contributed by atoms with E-state index in [0.717, 1.165) is 22.5 Å². The van der Waals surface area contributed by atoms with Gasteiger partial charge in [-0.05, 0) is 37.5 Å². The maximum atomic E-state index is 11.0. The summed E-state index contributed by atoms with van der Waals surface area (Å²) in [6, 6.07) is 3.92. The first kappa shape index (κ1) is 11.2. The molecule has 0 aliphatic carbocycles. The van der Waals surface area contributed by atoms with Gasteiger partial charge in [-0.1, -0.05) is 17.7 Å². The number of rotatable bonds is 3. The summed E-state index contributed by atoms with van der Waals surface area (Å²) >= 11 is 6.05. The molecular formula is C13H14ClNO. The third kappa shape index (κ3) is 1.98. The first-order valence-corrected chi connectivity index (χ1v) is 5.72. The lowest BCUT2D eigenvalue weighted by molar-refractivity contribution is -0.116. The van der Waals surface area contributed by atoms with Crippen molar-refractivity contribution in [3.8, 4) is 0 Å². The summed E-state index contributed by atoms with van der Waals surface area (Å²) in [4.78, 5) is 14.2. The molecule has 3 heteroatoms. The van der Waals surface area contributed by atoms with Gasteiger partial charge in [0.1, 0.15) is 5.78 Å². The number of fused-ring (bicyclic) bond motifs is 1. The summed E-state index contributed by atoms with van der Waals surface area (Å²) in [7, 11) is 0. The minimum Gasteiger partial charge on any atom is -0.361 e. The van der Waals surface area contributed by atoms with Crippen LogP contribution in [0.25, 0.3) is 10.9 Å². The van der Waals surface area contributed by atoms with Crippen molar-refractivity contribution in [2.24, 2.45) is 0 Å². The van der Waals surface area contributed by atoms with Gasteiger partial charge in [0.05, 0.1) is 5.52 Å². The number of H-pyrrole nitrogens is 1. The van der Waals surface area contributed by atoms with Crippen LogP contribution in [0.4, 0.5) is 0 Å². The molecule has 16 heavy (non-hydrogen) atoms. The van der Waals surface area contributed by atoms with Gasteiger partial charge in [-0.3, -0.25) is 0 Å².